The van der Waals surface area contributed by atoms with Gasteiger partial charge in [0.2, 0.25) is 0 Å². The number of benzene rings is 8. The molecule has 0 aliphatic carbocycles. The van der Waals surface area contributed by atoms with E-state index in [4.69, 9.17) is 4.42 Å². The predicted octanol–water partition coefficient (Wildman–Crippen LogP) is 13.1. The van der Waals surface area contributed by atoms with Crippen LogP contribution in [0, 0.1) is 0 Å². The van der Waals surface area contributed by atoms with E-state index in [-0.39, 0.29) is 0 Å². The summed E-state index contributed by atoms with van der Waals surface area (Å²) in [4.78, 5) is 3.64. The molecule has 0 atom stereocenters. The number of hydrogen-bond donors (Lipinski definition) is 1. The molecule has 8 aromatic carbocycles. The average molecular weight is 664 g/mol. The second-order valence-electron chi connectivity index (χ2n) is 13.8. The van der Waals surface area contributed by atoms with E-state index in [9.17, 15) is 0 Å². The van der Waals surface area contributed by atoms with Gasteiger partial charge in [-0.15, -0.1) is 0 Å². The van der Waals surface area contributed by atoms with Gasteiger partial charge in [0, 0.05) is 65.5 Å². The third-order valence-electron chi connectivity index (χ3n) is 11.1. The van der Waals surface area contributed by atoms with Gasteiger partial charge >= 0.3 is 0 Å². The van der Waals surface area contributed by atoms with E-state index >= 15 is 0 Å². The van der Waals surface area contributed by atoms with Gasteiger partial charge in [-0.25, -0.2) is 0 Å². The molecule has 0 saturated heterocycles. The maximum absolute atomic E-state index is 6.28. The molecule has 242 valence electrons. The molecule has 4 aromatic heterocycles. The van der Waals surface area contributed by atoms with E-state index in [0.717, 1.165) is 33.3 Å². The Hall–Kier alpha value is -7.04. The highest BCUT2D eigenvalue weighted by molar-refractivity contribution is 6.19. The summed E-state index contributed by atoms with van der Waals surface area (Å²) in [5, 5.41) is 9.69. The van der Waals surface area contributed by atoms with Crippen LogP contribution in [-0.4, -0.2) is 14.1 Å². The second-order valence-corrected chi connectivity index (χ2v) is 13.8. The van der Waals surface area contributed by atoms with Gasteiger partial charge in [-0.2, -0.15) is 0 Å². The molecule has 0 spiro atoms. The lowest BCUT2D eigenvalue weighted by atomic mass is 10.0. The van der Waals surface area contributed by atoms with E-state index in [0.29, 0.717) is 0 Å². The van der Waals surface area contributed by atoms with Crippen LogP contribution in [0.15, 0.2) is 174 Å². The van der Waals surface area contributed by atoms with E-state index < -0.39 is 0 Å². The first-order valence-electron chi connectivity index (χ1n) is 17.8. The summed E-state index contributed by atoms with van der Waals surface area (Å²) in [6.45, 7) is 0. The zero-order valence-corrected chi connectivity index (χ0v) is 28.0. The first-order valence-corrected chi connectivity index (χ1v) is 17.8. The molecule has 0 bridgehead atoms. The number of para-hydroxylation sites is 4. The van der Waals surface area contributed by atoms with Crippen LogP contribution in [0.2, 0.25) is 0 Å². The number of rotatable bonds is 3. The number of furan rings is 1. The van der Waals surface area contributed by atoms with Crippen molar-refractivity contribution in [1.29, 1.82) is 0 Å². The standard InChI is InChI=1S/C48H29N3O/c1-5-13-41-33(9-1)37-26-45-38(25-42(37)49-41)34-10-2-6-14-43(34)50(45)31-21-17-29(18-22-31)30-19-23-32(24-20-30)51-44-15-7-3-11-35(44)39-28-48-40(27-46(39)51)36-12-4-8-16-47(36)52-48/h1-28,49H. The van der Waals surface area contributed by atoms with Crippen molar-refractivity contribution in [3.05, 3.63) is 170 Å². The van der Waals surface area contributed by atoms with Gasteiger partial charge in [0.1, 0.15) is 11.2 Å². The first kappa shape index (κ1) is 27.7. The summed E-state index contributed by atoms with van der Waals surface area (Å²) in [6, 6.07) is 61.4. The number of fused-ring (bicyclic) bond motifs is 12. The Morgan fingerprint density at radius 3 is 1.50 bits per heavy atom. The van der Waals surface area contributed by atoms with Crippen LogP contribution in [-0.2, 0) is 0 Å². The molecule has 0 amide bonds. The molecule has 0 saturated carbocycles. The highest BCUT2D eigenvalue weighted by Gasteiger charge is 2.18. The van der Waals surface area contributed by atoms with Gasteiger partial charge in [-0.1, -0.05) is 97.1 Å². The summed E-state index contributed by atoms with van der Waals surface area (Å²) in [7, 11) is 0. The zero-order valence-electron chi connectivity index (χ0n) is 28.0. The van der Waals surface area contributed by atoms with Crippen molar-refractivity contribution in [3.63, 3.8) is 0 Å². The van der Waals surface area contributed by atoms with Gasteiger partial charge in [-0.05, 0) is 83.9 Å². The zero-order chi connectivity index (χ0) is 33.9. The minimum atomic E-state index is 0.918. The maximum atomic E-state index is 6.28. The van der Waals surface area contributed by atoms with Crippen LogP contribution in [0.3, 0.4) is 0 Å². The third kappa shape index (κ3) is 3.81. The molecular formula is C48H29N3O. The van der Waals surface area contributed by atoms with Crippen molar-refractivity contribution >= 4 is 87.4 Å². The SMILES string of the molecule is c1ccc2c(c1)[nH]c1cc3c4ccccc4n(-c4ccc(-c5ccc(-n6c7ccccc7c7cc8oc9ccccc9c8cc76)cc5)cc4)c3cc12. The van der Waals surface area contributed by atoms with E-state index in [1.165, 1.54) is 76.5 Å². The van der Waals surface area contributed by atoms with E-state index in [1.807, 2.05) is 12.1 Å². The molecule has 0 aliphatic heterocycles. The molecule has 12 aromatic rings. The Bertz CT molecular complexity index is 3160. The van der Waals surface area contributed by atoms with Crippen molar-refractivity contribution in [3.8, 4) is 22.5 Å². The maximum Gasteiger partial charge on any atom is 0.136 e. The van der Waals surface area contributed by atoms with Gasteiger partial charge in [0.25, 0.3) is 0 Å². The molecule has 1 N–H and O–H groups in total. The number of nitrogens with zero attached hydrogens (tertiary/aromatic N) is 2. The number of aromatic nitrogens is 3. The molecule has 52 heavy (non-hydrogen) atoms. The second kappa shape index (κ2) is 10.3. The van der Waals surface area contributed by atoms with Crippen molar-refractivity contribution in [2.75, 3.05) is 0 Å². The summed E-state index contributed by atoms with van der Waals surface area (Å²) < 4.78 is 11.1. The minimum absolute atomic E-state index is 0.918. The summed E-state index contributed by atoms with van der Waals surface area (Å²) in [6.07, 6.45) is 0. The largest absolute Gasteiger partial charge is 0.456 e. The molecule has 0 aliphatic rings. The smallest absolute Gasteiger partial charge is 0.136 e. The lowest BCUT2D eigenvalue weighted by Crippen LogP contribution is -1.94. The third-order valence-corrected chi connectivity index (χ3v) is 11.1. The molecule has 4 heteroatoms. The van der Waals surface area contributed by atoms with Gasteiger partial charge in [0.15, 0.2) is 0 Å². The number of hydrogen-bond acceptors (Lipinski definition) is 1. The summed E-state index contributed by atoms with van der Waals surface area (Å²) in [5.74, 6) is 0. The highest BCUT2D eigenvalue weighted by Crippen LogP contribution is 2.40. The van der Waals surface area contributed by atoms with Gasteiger partial charge in [0.05, 0.1) is 22.1 Å². The Kier molecular flexibility index (Phi) is 5.47. The van der Waals surface area contributed by atoms with Crippen molar-refractivity contribution in [1.82, 2.24) is 14.1 Å². The number of nitrogens with one attached hydrogen (secondary N) is 1. The Labute approximate surface area is 297 Å². The lowest BCUT2D eigenvalue weighted by molar-refractivity contribution is 0.669. The fourth-order valence-electron chi connectivity index (χ4n) is 8.66. The number of H-pyrrole nitrogens is 1. The van der Waals surface area contributed by atoms with Crippen LogP contribution in [0.25, 0.3) is 110 Å². The Morgan fingerprint density at radius 2 is 0.846 bits per heavy atom. The quantitative estimate of drug-likeness (QED) is 0.201. The molecule has 0 unspecified atom stereocenters. The van der Waals surface area contributed by atoms with Gasteiger partial charge in [-0.3, -0.25) is 0 Å². The lowest BCUT2D eigenvalue weighted by Gasteiger charge is -2.11. The van der Waals surface area contributed by atoms with Crippen molar-refractivity contribution in [2.24, 2.45) is 0 Å². The van der Waals surface area contributed by atoms with Crippen LogP contribution in [0.1, 0.15) is 0 Å². The fraction of sp³-hybridized carbons (Fsp3) is 0. The first-order chi connectivity index (χ1) is 25.8. The Morgan fingerprint density at radius 1 is 0.327 bits per heavy atom. The molecule has 0 fully saturated rings. The minimum Gasteiger partial charge on any atom is -0.456 e. The monoisotopic (exact) mass is 663 g/mol. The predicted molar refractivity (Wildman–Crippen MR) is 217 cm³/mol. The fourth-order valence-corrected chi connectivity index (χ4v) is 8.66. The van der Waals surface area contributed by atoms with Crippen molar-refractivity contribution in [2.45, 2.75) is 0 Å². The normalized spacial score (nSPS) is 12.2. The molecular weight excluding hydrogens is 635 g/mol. The van der Waals surface area contributed by atoms with E-state index in [2.05, 4.69) is 172 Å². The summed E-state index contributed by atoms with van der Waals surface area (Å²) >= 11 is 0. The van der Waals surface area contributed by atoms with Crippen molar-refractivity contribution < 1.29 is 4.42 Å². The molecule has 4 heterocycles. The molecule has 4 nitrogen and oxygen atoms in total. The molecule has 0 radical (unpaired) electrons. The number of aromatic amines is 1. The van der Waals surface area contributed by atoms with Gasteiger partial charge < -0.3 is 18.5 Å². The molecule has 12 rings (SSSR count). The summed E-state index contributed by atoms with van der Waals surface area (Å²) in [5.41, 5.74) is 13.6. The van der Waals surface area contributed by atoms with Crippen LogP contribution in [0.4, 0.5) is 0 Å². The van der Waals surface area contributed by atoms with Crippen LogP contribution in [0.5, 0.6) is 0 Å². The van der Waals surface area contributed by atoms with Crippen LogP contribution < -0.4 is 0 Å². The average Bonchev–Trinajstić information content (AvgIpc) is 3.94. The topological polar surface area (TPSA) is 38.8 Å². The Balaban J connectivity index is 0.967. The van der Waals surface area contributed by atoms with E-state index in [1.54, 1.807) is 0 Å². The highest BCUT2D eigenvalue weighted by atomic mass is 16.3. The van der Waals surface area contributed by atoms with Crippen LogP contribution >= 0.6 is 0 Å².